The maximum Gasteiger partial charge on any atom is 0.309 e. The Morgan fingerprint density at radius 3 is 2.60 bits per heavy atom. The third-order valence-electron chi connectivity index (χ3n) is 3.15. The van der Waals surface area contributed by atoms with Crippen LogP contribution in [-0.4, -0.2) is 24.3 Å². The molecule has 88 valence electrons. The molecule has 0 aromatic heterocycles. The number of hydrogen-bond donors (Lipinski definition) is 0. The molecular formula is C12H22O3. The Bertz CT molecular complexity index is 227. The number of ether oxygens (including phenoxy) is 2. The van der Waals surface area contributed by atoms with Gasteiger partial charge in [0.15, 0.2) is 0 Å². The third kappa shape index (κ3) is 2.94. The molecule has 1 heterocycles. The highest BCUT2D eigenvalue weighted by Crippen LogP contribution is 2.34. The molecule has 1 fully saturated rings. The van der Waals surface area contributed by atoms with Gasteiger partial charge in [0.25, 0.3) is 0 Å². The number of rotatable bonds is 3. The molecular weight excluding hydrogens is 192 g/mol. The zero-order valence-electron chi connectivity index (χ0n) is 10.2. The minimum absolute atomic E-state index is 0.0334. The fourth-order valence-electron chi connectivity index (χ4n) is 2.42. The van der Waals surface area contributed by atoms with E-state index < -0.39 is 0 Å². The lowest BCUT2D eigenvalue weighted by molar-refractivity contribution is -0.151. The smallest absolute Gasteiger partial charge is 0.309 e. The summed E-state index contributed by atoms with van der Waals surface area (Å²) < 4.78 is 11.2. The standard InChI is InChI=1S/C12H22O3/c1-5-12(14-6-2)7-9(3)11(13)15-10(4)8-12/h9-10H,5-8H2,1-4H3. The fourth-order valence-corrected chi connectivity index (χ4v) is 2.42. The van der Waals surface area contributed by atoms with Crippen molar-refractivity contribution in [2.75, 3.05) is 6.61 Å². The van der Waals surface area contributed by atoms with E-state index in [9.17, 15) is 4.79 Å². The van der Waals surface area contributed by atoms with Gasteiger partial charge < -0.3 is 9.47 Å². The molecule has 3 unspecified atom stereocenters. The van der Waals surface area contributed by atoms with Gasteiger partial charge in [-0.2, -0.15) is 0 Å². The summed E-state index contributed by atoms with van der Waals surface area (Å²) in [7, 11) is 0. The van der Waals surface area contributed by atoms with Crippen LogP contribution in [0.25, 0.3) is 0 Å². The summed E-state index contributed by atoms with van der Waals surface area (Å²) >= 11 is 0. The third-order valence-corrected chi connectivity index (χ3v) is 3.15. The molecule has 0 N–H and O–H groups in total. The number of carbonyl (C=O) groups excluding carboxylic acids is 1. The summed E-state index contributed by atoms with van der Waals surface area (Å²) in [6.07, 6.45) is 2.49. The molecule has 1 aliphatic rings. The van der Waals surface area contributed by atoms with Crippen LogP contribution < -0.4 is 0 Å². The highest BCUT2D eigenvalue weighted by Gasteiger charge is 2.39. The summed E-state index contributed by atoms with van der Waals surface area (Å²) in [5, 5.41) is 0. The average Bonchev–Trinajstić information content (AvgIpc) is 2.26. The molecule has 0 spiro atoms. The average molecular weight is 214 g/mol. The van der Waals surface area contributed by atoms with Crippen molar-refractivity contribution in [2.45, 2.75) is 58.7 Å². The second-order valence-electron chi connectivity index (χ2n) is 4.53. The quantitative estimate of drug-likeness (QED) is 0.677. The van der Waals surface area contributed by atoms with E-state index in [4.69, 9.17) is 9.47 Å². The molecule has 1 saturated heterocycles. The Balaban J connectivity index is 2.82. The van der Waals surface area contributed by atoms with Gasteiger partial charge >= 0.3 is 5.97 Å². The van der Waals surface area contributed by atoms with E-state index in [0.29, 0.717) is 6.61 Å². The van der Waals surface area contributed by atoms with Crippen LogP contribution in [0.15, 0.2) is 0 Å². The summed E-state index contributed by atoms with van der Waals surface area (Å²) in [5.41, 5.74) is -0.167. The second kappa shape index (κ2) is 4.97. The highest BCUT2D eigenvalue weighted by atomic mass is 16.5. The van der Waals surface area contributed by atoms with Crippen molar-refractivity contribution in [1.29, 1.82) is 0 Å². The monoisotopic (exact) mass is 214 g/mol. The molecule has 0 aromatic rings. The van der Waals surface area contributed by atoms with E-state index >= 15 is 0 Å². The van der Waals surface area contributed by atoms with Crippen LogP contribution in [0.3, 0.4) is 0 Å². The van der Waals surface area contributed by atoms with Crippen molar-refractivity contribution >= 4 is 5.97 Å². The van der Waals surface area contributed by atoms with Crippen molar-refractivity contribution in [1.82, 2.24) is 0 Å². The number of carbonyl (C=O) groups is 1. The molecule has 1 rings (SSSR count). The summed E-state index contributed by atoms with van der Waals surface area (Å²) in [6, 6.07) is 0. The van der Waals surface area contributed by atoms with Gasteiger partial charge in [-0.25, -0.2) is 0 Å². The first-order valence-corrected chi connectivity index (χ1v) is 5.87. The number of hydrogen-bond acceptors (Lipinski definition) is 3. The second-order valence-corrected chi connectivity index (χ2v) is 4.53. The Hall–Kier alpha value is -0.570. The van der Waals surface area contributed by atoms with E-state index in [0.717, 1.165) is 19.3 Å². The Morgan fingerprint density at radius 2 is 2.07 bits per heavy atom. The lowest BCUT2D eigenvalue weighted by Gasteiger charge is -2.33. The minimum Gasteiger partial charge on any atom is -0.462 e. The number of cyclic esters (lactones) is 1. The van der Waals surface area contributed by atoms with Gasteiger partial charge in [0.1, 0.15) is 6.10 Å². The van der Waals surface area contributed by atoms with Gasteiger partial charge in [0.2, 0.25) is 0 Å². The molecule has 0 radical (unpaired) electrons. The predicted octanol–water partition coefficient (Wildman–Crippen LogP) is 2.53. The topological polar surface area (TPSA) is 35.5 Å². The maximum absolute atomic E-state index is 11.6. The molecule has 0 bridgehead atoms. The van der Waals surface area contributed by atoms with E-state index in [1.807, 2.05) is 20.8 Å². The van der Waals surface area contributed by atoms with Gasteiger partial charge in [-0.1, -0.05) is 13.8 Å². The van der Waals surface area contributed by atoms with Crippen molar-refractivity contribution in [3.63, 3.8) is 0 Å². The largest absolute Gasteiger partial charge is 0.462 e. The van der Waals surface area contributed by atoms with Crippen molar-refractivity contribution in [3.8, 4) is 0 Å². The minimum atomic E-state index is -0.167. The SMILES string of the molecule is CCOC1(CC)CC(C)OC(=O)C(C)C1. The molecule has 3 nitrogen and oxygen atoms in total. The Morgan fingerprint density at radius 1 is 1.40 bits per heavy atom. The lowest BCUT2D eigenvalue weighted by atomic mass is 9.85. The van der Waals surface area contributed by atoms with E-state index in [2.05, 4.69) is 6.92 Å². The van der Waals surface area contributed by atoms with Crippen LogP contribution in [-0.2, 0) is 14.3 Å². The molecule has 0 aromatic carbocycles. The lowest BCUT2D eigenvalue weighted by Crippen LogP contribution is -2.35. The van der Waals surface area contributed by atoms with Gasteiger partial charge in [-0.15, -0.1) is 0 Å². The van der Waals surface area contributed by atoms with Crippen LogP contribution in [0.2, 0.25) is 0 Å². The molecule has 3 heteroatoms. The van der Waals surface area contributed by atoms with E-state index in [-0.39, 0.29) is 23.6 Å². The summed E-state index contributed by atoms with van der Waals surface area (Å²) in [6.45, 7) is 8.68. The predicted molar refractivity (Wildman–Crippen MR) is 58.6 cm³/mol. The van der Waals surface area contributed by atoms with Crippen LogP contribution in [0.5, 0.6) is 0 Å². The first-order valence-electron chi connectivity index (χ1n) is 5.87. The van der Waals surface area contributed by atoms with Gasteiger partial charge in [-0.05, 0) is 26.7 Å². The van der Waals surface area contributed by atoms with Crippen molar-refractivity contribution < 1.29 is 14.3 Å². The number of esters is 1. The van der Waals surface area contributed by atoms with E-state index in [1.54, 1.807) is 0 Å². The van der Waals surface area contributed by atoms with Crippen molar-refractivity contribution in [2.24, 2.45) is 5.92 Å². The first kappa shape index (κ1) is 12.5. The van der Waals surface area contributed by atoms with Crippen LogP contribution in [0.1, 0.15) is 47.0 Å². The van der Waals surface area contributed by atoms with Crippen molar-refractivity contribution in [3.05, 3.63) is 0 Å². The zero-order valence-corrected chi connectivity index (χ0v) is 10.2. The zero-order chi connectivity index (χ0) is 11.5. The Kier molecular flexibility index (Phi) is 4.14. The van der Waals surface area contributed by atoms with Gasteiger partial charge in [0.05, 0.1) is 11.5 Å². The first-order chi connectivity index (χ1) is 7.03. The van der Waals surface area contributed by atoms with Gasteiger partial charge in [-0.3, -0.25) is 4.79 Å². The van der Waals surface area contributed by atoms with Crippen LogP contribution >= 0.6 is 0 Å². The molecule has 0 saturated carbocycles. The van der Waals surface area contributed by atoms with Gasteiger partial charge in [0, 0.05) is 13.0 Å². The fraction of sp³-hybridized carbons (Fsp3) is 0.917. The van der Waals surface area contributed by atoms with Crippen LogP contribution in [0.4, 0.5) is 0 Å². The molecule has 0 aliphatic carbocycles. The summed E-state index contributed by atoms with van der Waals surface area (Å²) in [4.78, 5) is 11.6. The molecule has 1 aliphatic heterocycles. The summed E-state index contributed by atoms with van der Waals surface area (Å²) in [5.74, 6) is -0.140. The molecule has 3 atom stereocenters. The highest BCUT2D eigenvalue weighted by molar-refractivity contribution is 5.72. The van der Waals surface area contributed by atoms with E-state index in [1.165, 1.54) is 0 Å². The van der Waals surface area contributed by atoms with Crippen LogP contribution in [0, 0.1) is 5.92 Å². The maximum atomic E-state index is 11.6. The Labute approximate surface area is 92.1 Å². The molecule has 0 amide bonds. The normalized spacial score (nSPS) is 37.2. The molecule has 15 heavy (non-hydrogen) atoms.